The number of aryl methyl sites for hydroxylation is 1. The van der Waals surface area contributed by atoms with E-state index in [1.807, 2.05) is 0 Å². The summed E-state index contributed by atoms with van der Waals surface area (Å²) in [5.74, 6) is 0. The number of benzene rings is 1. The Kier molecular flexibility index (Phi) is 4.09. The summed E-state index contributed by atoms with van der Waals surface area (Å²) in [7, 11) is 0. The minimum atomic E-state index is 1.14. The lowest BCUT2D eigenvalue weighted by Crippen LogP contribution is -1.81. The molecule has 0 heterocycles. The second-order valence-corrected chi connectivity index (χ2v) is 3.65. The normalized spacial score (nSPS) is 10.8. The summed E-state index contributed by atoms with van der Waals surface area (Å²) in [4.78, 5) is 0. The zero-order valence-electron chi connectivity index (χ0n) is 7.26. The predicted molar refractivity (Wildman–Crippen MR) is 57.3 cm³/mol. The Labute approximate surface area is 82.4 Å². The van der Waals surface area contributed by atoms with Crippen LogP contribution in [0.25, 0.3) is 0 Å². The van der Waals surface area contributed by atoms with Crippen LogP contribution in [0.3, 0.4) is 0 Å². The highest BCUT2D eigenvalue weighted by molar-refractivity contribution is 9.10. The lowest BCUT2D eigenvalue weighted by atomic mass is 10.1. The summed E-state index contributed by atoms with van der Waals surface area (Å²) in [5.41, 5.74) is 1.40. The van der Waals surface area contributed by atoms with Crippen molar-refractivity contribution in [1.82, 2.24) is 0 Å². The van der Waals surface area contributed by atoms with Crippen LogP contribution in [0.1, 0.15) is 18.9 Å². The summed E-state index contributed by atoms with van der Waals surface area (Å²) in [6.45, 7) is 2.06. The Morgan fingerprint density at radius 2 is 1.92 bits per heavy atom. The molecule has 0 atom stereocenters. The molecule has 1 rings (SSSR count). The monoisotopic (exact) mass is 224 g/mol. The van der Waals surface area contributed by atoms with Gasteiger partial charge in [-0.05, 0) is 37.5 Å². The molecule has 0 aliphatic heterocycles. The lowest BCUT2D eigenvalue weighted by molar-refractivity contribution is 0.999. The predicted octanol–water partition coefficient (Wildman–Crippen LogP) is 3.96. The Bertz CT molecular complexity index is 246. The van der Waals surface area contributed by atoms with Crippen LogP contribution >= 0.6 is 15.9 Å². The van der Waals surface area contributed by atoms with E-state index in [1.54, 1.807) is 0 Å². The first-order valence-corrected chi connectivity index (χ1v) is 4.98. The highest BCUT2D eigenvalue weighted by atomic mass is 79.9. The largest absolute Gasteiger partial charge is 0.0917 e. The number of allylic oxidation sites excluding steroid dienone is 2. The first kappa shape index (κ1) is 9.53. The van der Waals surface area contributed by atoms with Crippen molar-refractivity contribution in [1.29, 1.82) is 0 Å². The van der Waals surface area contributed by atoms with E-state index < -0.39 is 0 Å². The fourth-order valence-corrected chi connectivity index (χ4v) is 1.33. The van der Waals surface area contributed by atoms with Gasteiger partial charge in [0.2, 0.25) is 0 Å². The van der Waals surface area contributed by atoms with E-state index in [0.717, 1.165) is 17.3 Å². The van der Waals surface area contributed by atoms with E-state index in [9.17, 15) is 0 Å². The van der Waals surface area contributed by atoms with Gasteiger partial charge in [-0.2, -0.15) is 0 Å². The fraction of sp³-hybridized carbons (Fsp3) is 0.273. The molecule has 0 aliphatic rings. The maximum Gasteiger partial charge on any atom is 0.0175 e. The van der Waals surface area contributed by atoms with Crippen molar-refractivity contribution in [2.75, 3.05) is 0 Å². The molecule has 1 heteroatoms. The van der Waals surface area contributed by atoms with Gasteiger partial charge in [0.1, 0.15) is 0 Å². The molecule has 1 aromatic carbocycles. The van der Waals surface area contributed by atoms with Gasteiger partial charge in [-0.25, -0.2) is 0 Å². The summed E-state index contributed by atoms with van der Waals surface area (Å²) >= 11 is 3.41. The molecule has 64 valence electrons. The topological polar surface area (TPSA) is 0 Å². The lowest BCUT2D eigenvalue weighted by Gasteiger charge is -1.97. The van der Waals surface area contributed by atoms with Crippen LogP contribution in [0.2, 0.25) is 0 Å². The smallest absolute Gasteiger partial charge is 0.0175 e. The van der Waals surface area contributed by atoms with Crippen molar-refractivity contribution < 1.29 is 0 Å². The highest BCUT2D eigenvalue weighted by Gasteiger charge is 1.90. The van der Waals surface area contributed by atoms with E-state index in [0.29, 0.717) is 0 Å². The molecular weight excluding hydrogens is 212 g/mol. The zero-order chi connectivity index (χ0) is 8.81. The first-order chi connectivity index (χ1) is 5.83. The average molecular weight is 225 g/mol. The molecule has 0 unspecified atom stereocenters. The fourth-order valence-electron chi connectivity index (χ4n) is 1.07. The van der Waals surface area contributed by atoms with Crippen molar-refractivity contribution in [2.24, 2.45) is 0 Å². The third-order valence-electron chi connectivity index (χ3n) is 1.75. The van der Waals surface area contributed by atoms with Crippen molar-refractivity contribution in [2.45, 2.75) is 19.8 Å². The van der Waals surface area contributed by atoms with Gasteiger partial charge >= 0.3 is 0 Å². The van der Waals surface area contributed by atoms with Crippen LogP contribution in [0.4, 0.5) is 0 Å². The molecule has 1 aromatic rings. The molecular formula is C11H13Br. The van der Waals surface area contributed by atoms with E-state index >= 15 is 0 Å². The Hall–Kier alpha value is -0.560. The van der Waals surface area contributed by atoms with Gasteiger partial charge in [0.05, 0.1) is 0 Å². The average Bonchev–Trinajstić information content (AvgIpc) is 2.09. The van der Waals surface area contributed by atoms with E-state index in [-0.39, 0.29) is 0 Å². The maximum absolute atomic E-state index is 3.41. The molecule has 0 bridgehead atoms. The van der Waals surface area contributed by atoms with Gasteiger partial charge in [-0.3, -0.25) is 0 Å². The van der Waals surface area contributed by atoms with Crippen LogP contribution in [0.5, 0.6) is 0 Å². The Balaban J connectivity index is 2.47. The zero-order valence-corrected chi connectivity index (χ0v) is 8.84. The van der Waals surface area contributed by atoms with Gasteiger partial charge in [0.25, 0.3) is 0 Å². The van der Waals surface area contributed by atoms with Crippen molar-refractivity contribution in [3.8, 4) is 0 Å². The van der Waals surface area contributed by atoms with Crippen LogP contribution in [-0.4, -0.2) is 0 Å². The third kappa shape index (κ3) is 3.22. The molecule has 0 fully saturated rings. The molecule has 0 nitrogen and oxygen atoms in total. The number of halogens is 1. The summed E-state index contributed by atoms with van der Waals surface area (Å²) in [6, 6.07) is 8.50. The Morgan fingerprint density at radius 1 is 1.25 bits per heavy atom. The highest BCUT2D eigenvalue weighted by Crippen LogP contribution is 2.11. The van der Waals surface area contributed by atoms with Gasteiger partial charge in [0, 0.05) is 4.47 Å². The molecule has 0 saturated carbocycles. The van der Waals surface area contributed by atoms with Crippen LogP contribution < -0.4 is 0 Å². The molecule has 0 amide bonds. The van der Waals surface area contributed by atoms with E-state index in [2.05, 4.69) is 59.3 Å². The van der Waals surface area contributed by atoms with Crippen molar-refractivity contribution in [3.05, 3.63) is 46.5 Å². The number of rotatable bonds is 3. The minimum absolute atomic E-state index is 1.14. The van der Waals surface area contributed by atoms with Crippen molar-refractivity contribution >= 4 is 15.9 Å². The molecule has 0 spiro atoms. The van der Waals surface area contributed by atoms with Gasteiger partial charge in [0.15, 0.2) is 0 Å². The molecule has 0 aliphatic carbocycles. The second kappa shape index (κ2) is 5.15. The second-order valence-electron chi connectivity index (χ2n) is 2.73. The summed E-state index contributed by atoms with van der Waals surface area (Å²) < 4.78 is 1.15. The summed E-state index contributed by atoms with van der Waals surface area (Å²) in [5, 5.41) is 0. The first-order valence-electron chi connectivity index (χ1n) is 4.18. The molecule has 0 N–H and O–H groups in total. The van der Waals surface area contributed by atoms with Crippen LogP contribution in [-0.2, 0) is 6.42 Å². The van der Waals surface area contributed by atoms with Crippen LogP contribution in [0.15, 0.2) is 40.9 Å². The van der Waals surface area contributed by atoms with Crippen LogP contribution in [0, 0.1) is 0 Å². The number of hydrogen-bond donors (Lipinski definition) is 0. The van der Waals surface area contributed by atoms with Crippen molar-refractivity contribution in [3.63, 3.8) is 0 Å². The van der Waals surface area contributed by atoms with Gasteiger partial charge in [-0.1, -0.05) is 40.2 Å². The summed E-state index contributed by atoms with van der Waals surface area (Å²) in [6.07, 6.45) is 6.57. The SMILES string of the molecule is C/C=C/CCc1ccc(Br)cc1. The maximum atomic E-state index is 3.41. The van der Waals surface area contributed by atoms with E-state index in [4.69, 9.17) is 0 Å². The Morgan fingerprint density at radius 3 is 2.50 bits per heavy atom. The molecule has 12 heavy (non-hydrogen) atoms. The quantitative estimate of drug-likeness (QED) is 0.683. The molecule has 0 aromatic heterocycles. The number of hydrogen-bond acceptors (Lipinski definition) is 0. The molecule has 0 radical (unpaired) electrons. The van der Waals surface area contributed by atoms with Gasteiger partial charge in [-0.15, -0.1) is 0 Å². The standard InChI is InChI=1S/C11H13Br/c1-2-3-4-5-10-6-8-11(12)9-7-10/h2-3,6-9H,4-5H2,1H3/b3-2+. The minimum Gasteiger partial charge on any atom is -0.0917 e. The third-order valence-corrected chi connectivity index (χ3v) is 2.28. The van der Waals surface area contributed by atoms with E-state index in [1.165, 1.54) is 5.56 Å². The van der Waals surface area contributed by atoms with Gasteiger partial charge < -0.3 is 0 Å². The molecule has 0 saturated heterocycles.